The Bertz CT molecular complexity index is 667. The van der Waals surface area contributed by atoms with E-state index in [0.717, 1.165) is 18.5 Å². The summed E-state index contributed by atoms with van der Waals surface area (Å²) in [6.07, 6.45) is 3.56. The molecule has 3 rings (SSSR count). The summed E-state index contributed by atoms with van der Waals surface area (Å²) in [6.45, 7) is 0. The first-order chi connectivity index (χ1) is 9.08. The van der Waals surface area contributed by atoms with Gasteiger partial charge in [-0.25, -0.2) is 4.98 Å². The van der Waals surface area contributed by atoms with Gasteiger partial charge in [0, 0.05) is 17.7 Å². The van der Waals surface area contributed by atoms with Crippen molar-refractivity contribution in [3.8, 4) is 5.82 Å². The van der Waals surface area contributed by atoms with Crippen molar-refractivity contribution in [3.63, 3.8) is 0 Å². The molecule has 1 fully saturated rings. The van der Waals surface area contributed by atoms with E-state index in [4.69, 9.17) is 11.5 Å². The number of imidazole rings is 1. The van der Waals surface area contributed by atoms with Gasteiger partial charge in [-0.3, -0.25) is 19.3 Å². The lowest BCUT2D eigenvalue weighted by Gasteiger charge is -2.01. The van der Waals surface area contributed by atoms with E-state index >= 15 is 0 Å². The van der Waals surface area contributed by atoms with Crippen molar-refractivity contribution in [2.75, 3.05) is 0 Å². The van der Waals surface area contributed by atoms with Gasteiger partial charge in [-0.2, -0.15) is 5.10 Å². The quantitative estimate of drug-likeness (QED) is 0.694. The number of nitrogens with two attached hydrogens (primary N) is 2. The highest BCUT2D eigenvalue weighted by Crippen LogP contribution is 2.39. The van der Waals surface area contributed by atoms with Crippen LogP contribution in [0.15, 0.2) is 12.4 Å². The lowest BCUT2D eigenvalue weighted by molar-refractivity contribution is 0.0960. The first-order valence-electron chi connectivity index (χ1n) is 5.80. The highest BCUT2D eigenvalue weighted by atomic mass is 16.2. The summed E-state index contributed by atoms with van der Waals surface area (Å²) in [5.41, 5.74) is 11.2. The Balaban J connectivity index is 2.07. The molecule has 0 saturated heterocycles. The molecule has 0 aliphatic heterocycles. The molecule has 0 aromatic carbocycles. The minimum atomic E-state index is -0.800. The fourth-order valence-corrected chi connectivity index (χ4v) is 1.99. The molecule has 5 N–H and O–H groups in total. The molecule has 2 amide bonds. The van der Waals surface area contributed by atoms with Crippen LogP contribution >= 0.6 is 0 Å². The number of amides is 2. The van der Waals surface area contributed by atoms with E-state index < -0.39 is 11.8 Å². The predicted octanol–water partition coefficient (Wildman–Crippen LogP) is -0.329. The van der Waals surface area contributed by atoms with Gasteiger partial charge in [-0.15, -0.1) is 0 Å². The number of primary amides is 2. The van der Waals surface area contributed by atoms with Crippen LogP contribution < -0.4 is 11.5 Å². The summed E-state index contributed by atoms with van der Waals surface area (Å²) in [5, 5.41) is 7.01. The van der Waals surface area contributed by atoms with Crippen molar-refractivity contribution < 1.29 is 9.59 Å². The molecule has 0 atom stereocenters. The van der Waals surface area contributed by atoms with Crippen molar-refractivity contribution >= 4 is 11.8 Å². The zero-order valence-electron chi connectivity index (χ0n) is 9.96. The molecule has 1 aliphatic rings. The van der Waals surface area contributed by atoms with Crippen LogP contribution in [0.4, 0.5) is 0 Å². The van der Waals surface area contributed by atoms with Gasteiger partial charge in [-0.1, -0.05) is 0 Å². The number of hydrogen-bond donors (Lipinski definition) is 3. The normalized spacial score (nSPS) is 14.5. The number of nitrogens with zero attached hydrogens (tertiary/aromatic N) is 3. The number of hydrogen-bond acceptors (Lipinski definition) is 4. The highest BCUT2D eigenvalue weighted by Gasteiger charge is 2.27. The van der Waals surface area contributed by atoms with Gasteiger partial charge in [0.05, 0.1) is 0 Å². The lowest BCUT2D eigenvalue weighted by atomic mass is 10.2. The zero-order valence-corrected chi connectivity index (χ0v) is 9.96. The van der Waals surface area contributed by atoms with Crippen LogP contribution in [0.25, 0.3) is 5.82 Å². The average molecular weight is 260 g/mol. The third kappa shape index (κ3) is 1.86. The van der Waals surface area contributed by atoms with Crippen LogP contribution in [0, 0.1) is 0 Å². The summed E-state index contributed by atoms with van der Waals surface area (Å²) in [5.74, 6) is -0.610. The van der Waals surface area contributed by atoms with Crippen LogP contribution in [0.3, 0.4) is 0 Å². The molecule has 2 heterocycles. The molecule has 0 unspecified atom stereocenters. The second-order valence-corrected chi connectivity index (χ2v) is 4.50. The molecule has 8 nitrogen and oxygen atoms in total. The summed E-state index contributed by atoms with van der Waals surface area (Å²) in [6, 6.07) is 1.82. The molecule has 0 bridgehead atoms. The second kappa shape index (κ2) is 3.94. The minimum Gasteiger partial charge on any atom is -0.364 e. The Kier molecular flexibility index (Phi) is 2.37. The largest absolute Gasteiger partial charge is 0.364 e. The SMILES string of the molecule is NC(=O)c1ncn(-c2cc(C3CC3)[nH]n2)c1C(N)=O. The smallest absolute Gasteiger partial charge is 0.269 e. The molecular weight excluding hydrogens is 248 g/mol. The van der Waals surface area contributed by atoms with Gasteiger partial charge in [0.25, 0.3) is 11.8 Å². The summed E-state index contributed by atoms with van der Waals surface area (Å²) in [4.78, 5) is 26.5. The Hall–Kier alpha value is -2.64. The Morgan fingerprint density at radius 1 is 1.32 bits per heavy atom. The van der Waals surface area contributed by atoms with Crippen molar-refractivity contribution in [1.29, 1.82) is 0 Å². The van der Waals surface area contributed by atoms with Gasteiger partial charge < -0.3 is 11.5 Å². The van der Waals surface area contributed by atoms with Crippen molar-refractivity contribution in [3.05, 3.63) is 29.5 Å². The van der Waals surface area contributed by atoms with Crippen molar-refractivity contribution in [2.24, 2.45) is 11.5 Å². The van der Waals surface area contributed by atoms with Crippen LogP contribution in [-0.4, -0.2) is 31.6 Å². The maximum Gasteiger partial charge on any atom is 0.269 e. The Morgan fingerprint density at radius 3 is 2.63 bits per heavy atom. The molecule has 0 radical (unpaired) electrons. The van der Waals surface area contributed by atoms with E-state index in [-0.39, 0.29) is 11.4 Å². The number of carbonyl (C=O) groups excluding carboxylic acids is 2. The molecule has 1 aliphatic carbocycles. The number of aromatic nitrogens is 4. The standard InChI is InChI=1S/C11H12N6O2/c12-10(18)8-9(11(13)19)17(4-14-8)7-3-6(15-16-7)5-1-2-5/h3-5H,1-2H2,(H2,12,18)(H2,13,19)(H,15,16). The van der Waals surface area contributed by atoms with Crippen LogP contribution in [0.2, 0.25) is 0 Å². The van der Waals surface area contributed by atoms with Crippen molar-refractivity contribution in [1.82, 2.24) is 19.7 Å². The van der Waals surface area contributed by atoms with Gasteiger partial charge in [0.1, 0.15) is 12.0 Å². The third-order valence-electron chi connectivity index (χ3n) is 3.08. The maximum absolute atomic E-state index is 11.5. The fourth-order valence-electron chi connectivity index (χ4n) is 1.99. The third-order valence-corrected chi connectivity index (χ3v) is 3.08. The molecule has 2 aromatic heterocycles. The fraction of sp³-hybridized carbons (Fsp3) is 0.273. The number of carbonyl (C=O) groups is 2. The van der Waals surface area contributed by atoms with Gasteiger partial charge in [0.15, 0.2) is 11.5 Å². The van der Waals surface area contributed by atoms with E-state index in [1.165, 1.54) is 10.9 Å². The van der Waals surface area contributed by atoms with E-state index in [0.29, 0.717) is 11.7 Å². The zero-order chi connectivity index (χ0) is 13.6. The van der Waals surface area contributed by atoms with E-state index in [1.807, 2.05) is 6.07 Å². The first kappa shape index (κ1) is 11.5. The predicted molar refractivity (Wildman–Crippen MR) is 64.7 cm³/mol. The van der Waals surface area contributed by atoms with Gasteiger partial charge in [0.2, 0.25) is 0 Å². The van der Waals surface area contributed by atoms with Gasteiger partial charge in [-0.05, 0) is 12.8 Å². The second-order valence-electron chi connectivity index (χ2n) is 4.50. The van der Waals surface area contributed by atoms with E-state index in [1.54, 1.807) is 0 Å². The number of H-pyrrole nitrogens is 1. The average Bonchev–Trinajstić information content (AvgIpc) is 2.93. The molecule has 0 spiro atoms. The topological polar surface area (TPSA) is 133 Å². The number of aromatic amines is 1. The van der Waals surface area contributed by atoms with Crippen LogP contribution in [0.1, 0.15) is 45.4 Å². The minimum absolute atomic E-state index is 0.0543. The van der Waals surface area contributed by atoms with E-state index in [2.05, 4.69) is 15.2 Å². The summed E-state index contributed by atoms with van der Waals surface area (Å²) in [7, 11) is 0. The molecule has 2 aromatic rings. The Morgan fingerprint density at radius 2 is 2.05 bits per heavy atom. The van der Waals surface area contributed by atoms with Crippen molar-refractivity contribution in [2.45, 2.75) is 18.8 Å². The summed E-state index contributed by atoms with van der Waals surface area (Å²) < 4.78 is 1.37. The van der Waals surface area contributed by atoms with Gasteiger partial charge >= 0.3 is 0 Å². The highest BCUT2D eigenvalue weighted by molar-refractivity contribution is 6.04. The molecular formula is C11H12N6O2. The number of nitrogens with one attached hydrogen (secondary N) is 1. The molecule has 1 saturated carbocycles. The molecule has 8 heteroatoms. The molecule has 19 heavy (non-hydrogen) atoms. The monoisotopic (exact) mass is 260 g/mol. The maximum atomic E-state index is 11.5. The lowest BCUT2D eigenvalue weighted by Crippen LogP contribution is -2.22. The summed E-state index contributed by atoms with van der Waals surface area (Å²) >= 11 is 0. The first-order valence-corrected chi connectivity index (χ1v) is 5.80. The Labute approximate surface area is 107 Å². The molecule has 98 valence electrons. The van der Waals surface area contributed by atoms with E-state index in [9.17, 15) is 9.59 Å². The van der Waals surface area contributed by atoms with Crippen LogP contribution in [-0.2, 0) is 0 Å². The number of rotatable bonds is 4. The van der Waals surface area contributed by atoms with Crippen LogP contribution in [0.5, 0.6) is 0 Å².